The van der Waals surface area contributed by atoms with Crippen LogP contribution in [0.4, 0.5) is 0 Å². The fourth-order valence-electron chi connectivity index (χ4n) is 2.32. The summed E-state index contributed by atoms with van der Waals surface area (Å²) in [6.07, 6.45) is 3.83. The number of nitrogens with zero attached hydrogens (tertiary/aromatic N) is 2. The second-order valence-corrected chi connectivity index (χ2v) is 5.79. The lowest BCUT2D eigenvalue weighted by molar-refractivity contribution is 0.185. The second kappa shape index (κ2) is 8.35. The monoisotopic (exact) mass is 254 g/mol. The van der Waals surface area contributed by atoms with Crippen LogP contribution in [-0.4, -0.2) is 43.6 Å². The number of likely N-dealkylation sites (tertiary alicyclic amines) is 1. The van der Waals surface area contributed by atoms with Crippen molar-refractivity contribution in [2.24, 2.45) is 22.6 Å². The van der Waals surface area contributed by atoms with Crippen molar-refractivity contribution >= 4 is 5.96 Å². The van der Waals surface area contributed by atoms with Crippen molar-refractivity contribution < 1.29 is 0 Å². The third-order valence-corrected chi connectivity index (χ3v) is 3.45. The van der Waals surface area contributed by atoms with E-state index in [9.17, 15) is 0 Å². The molecule has 1 saturated heterocycles. The van der Waals surface area contributed by atoms with Crippen LogP contribution in [0.3, 0.4) is 0 Å². The van der Waals surface area contributed by atoms with Crippen molar-refractivity contribution in [3.8, 4) is 0 Å². The SMILES string of the molecule is CCCN1CCC(CNC(N)=NCC(C)C)CC1. The predicted octanol–water partition coefficient (Wildman–Crippen LogP) is 1.67. The largest absolute Gasteiger partial charge is 0.370 e. The Hall–Kier alpha value is -0.770. The number of guanidine groups is 1. The summed E-state index contributed by atoms with van der Waals surface area (Å²) >= 11 is 0. The molecule has 0 amide bonds. The Labute approximate surface area is 112 Å². The summed E-state index contributed by atoms with van der Waals surface area (Å²) in [5.74, 6) is 1.94. The molecule has 0 unspecified atom stereocenters. The van der Waals surface area contributed by atoms with E-state index < -0.39 is 0 Å². The maximum atomic E-state index is 5.84. The standard InChI is InChI=1S/C14H30N4/c1-4-7-18-8-5-13(6-9-18)11-17-14(15)16-10-12(2)3/h12-13H,4-11H2,1-3H3,(H3,15,16,17). The number of piperidine rings is 1. The molecule has 106 valence electrons. The molecule has 0 aliphatic carbocycles. The van der Waals surface area contributed by atoms with Gasteiger partial charge in [-0.3, -0.25) is 4.99 Å². The molecule has 1 fully saturated rings. The van der Waals surface area contributed by atoms with Gasteiger partial charge in [0.25, 0.3) is 0 Å². The fourth-order valence-corrected chi connectivity index (χ4v) is 2.32. The minimum Gasteiger partial charge on any atom is -0.370 e. The molecule has 3 N–H and O–H groups in total. The zero-order chi connectivity index (χ0) is 13.4. The van der Waals surface area contributed by atoms with E-state index in [1.807, 2.05) is 0 Å². The molecule has 1 heterocycles. The Morgan fingerprint density at radius 2 is 2.06 bits per heavy atom. The first-order valence-corrected chi connectivity index (χ1v) is 7.38. The van der Waals surface area contributed by atoms with Gasteiger partial charge in [-0.2, -0.15) is 0 Å². The summed E-state index contributed by atoms with van der Waals surface area (Å²) in [4.78, 5) is 6.89. The maximum absolute atomic E-state index is 5.84. The zero-order valence-electron chi connectivity index (χ0n) is 12.3. The summed E-state index contributed by atoms with van der Waals surface area (Å²) < 4.78 is 0. The van der Waals surface area contributed by atoms with Crippen molar-refractivity contribution in [3.63, 3.8) is 0 Å². The molecule has 0 saturated carbocycles. The number of aliphatic imine (C=N–C) groups is 1. The number of nitrogens with two attached hydrogens (primary N) is 1. The normalized spacial score (nSPS) is 19.4. The fraction of sp³-hybridized carbons (Fsp3) is 0.929. The summed E-state index contributed by atoms with van der Waals surface area (Å²) in [6.45, 7) is 12.1. The van der Waals surface area contributed by atoms with E-state index in [0.29, 0.717) is 11.9 Å². The number of hydrogen-bond acceptors (Lipinski definition) is 2. The molecular formula is C14H30N4. The molecule has 0 aromatic rings. The Kier molecular flexibility index (Phi) is 7.09. The van der Waals surface area contributed by atoms with Gasteiger partial charge < -0.3 is 16.0 Å². The third kappa shape index (κ3) is 6.24. The molecule has 0 bridgehead atoms. The van der Waals surface area contributed by atoms with Gasteiger partial charge in [0.05, 0.1) is 0 Å². The van der Waals surface area contributed by atoms with Crippen LogP contribution in [0.2, 0.25) is 0 Å². The lowest BCUT2D eigenvalue weighted by atomic mass is 9.97. The highest BCUT2D eigenvalue weighted by Gasteiger charge is 2.18. The van der Waals surface area contributed by atoms with Crippen LogP contribution < -0.4 is 11.1 Å². The van der Waals surface area contributed by atoms with E-state index in [2.05, 4.69) is 36.0 Å². The topological polar surface area (TPSA) is 53.6 Å². The molecular weight excluding hydrogens is 224 g/mol. The van der Waals surface area contributed by atoms with Crippen LogP contribution in [0.1, 0.15) is 40.0 Å². The van der Waals surface area contributed by atoms with Gasteiger partial charge in [0, 0.05) is 13.1 Å². The van der Waals surface area contributed by atoms with Gasteiger partial charge in [0.15, 0.2) is 5.96 Å². The molecule has 1 rings (SSSR count). The molecule has 0 spiro atoms. The van der Waals surface area contributed by atoms with Gasteiger partial charge in [-0.05, 0) is 50.7 Å². The predicted molar refractivity (Wildman–Crippen MR) is 78.8 cm³/mol. The van der Waals surface area contributed by atoms with E-state index in [0.717, 1.165) is 19.0 Å². The average molecular weight is 254 g/mol. The first-order chi connectivity index (χ1) is 8.61. The van der Waals surface area contributed by atoms with Crippen molar-refractivity contribution in [1.82, 2.24) is 10.2 Å². The Bertz CT molecular complexity index is 242. The van der Waals surface area contributed by atoms with E-state index in [1.165, 1.54) is 38.9 Å². The molecule has 0 radical (unpaired) electrons. The second-order valence-electron chi connectivity index (χ2n) is 5.79. The summed E-state index contributed by atoms with van der Waals surface area (Å²) in [7, 11) is 0. The van der Waals surface area contributed by atoms with Crippen LogP contribution in [0.5, 0.6) is 0 Å². The van der Waals surface area contributed by atoms with Crippen LogP contribution in [0.15, 0.2) is 4.99 Å². The van der Waals surface area contributed by atoms with E-state index in [-0.39, 0.29) is 0 Å². The molecule has 0 aromatic carbocycles. The Morgan fingerprint density at radius 1 is 1.39 bits per heavy atom. The van der Waals surface area contributed by atoms with Gasteiger partial charge in [-0.1, -0.05) is 20.8 Å². The smallest absolute Gasteiger partial charge is 0.188 e. The van der Waals surface area contributed by atoms with Crippen LogP contribution >= 0.6 is 0 Å². The minimum atomic E-state index is 0.572. The molecule has 4 nitrogen and oxygen atoms in total. The van der Waals surface area contributed by atoms with Crippen molar-refractivity contribution in [1.29, 1.82) is 0 Å². The minimum absolute atomic E-state index is 0.572. The zero-order valence-corrected chi connectivity index (χ0v) is 12.3. The molecule has 4 heteroatoms. The van der Waals surface area contributed by atoms with Crippen LogP contribution in [0.25, 0.3) is 0 Å². The highest BCUT2D eigenvalue weighted by molar-refractivity contribution is 5.77. The van der Waals surface area contributed by atoms with Crippen molar-refractivity contribution in [2.45, 2.75) is 40.0 Å². The summed E-state index contributed by atoms with van der Waals surface area (Å²) in [5, 5.41) is 3.26. The highest BCUT2D eigenvalue weighted by Crippen LogP contribution is 2.16. The van der Waals surface area contributed by atoms with E-state index in [1.54, 1.807) is 0 Å². The van der Waals surface area contributed by atoms with Crippen LogP contribution in [0, 0.1) is 11.8 Å². The van der Waals surface area contributed by atoms with Crippen molar-refractivity contribution in [3.05, 3.63) is 0 Å². The maximum Gasteiger partial charge on any atom is 0.188 e. The average Bonchev–Trinajstić information content (AvgIpc) is 2.36. The lowest BCUT2D eigenvalue weighted by Crippen LogP contribution is -2.41. The Morgan fingerprint density at radius 3 is 2.61 bits per heavy atom. The number of nitrogens with one attached hydrogen (secondary N) is 1. The summed E-state index contributed by atoms with van der Waals surface area (Å²) in [6, 6.07) is 0. The third-order valence-electron chi connectivity index (χ3n) is 3.45. The number of hydrogen-bond donors (Lipinski definition) is 2. The van der Waals surface area contributed by atoms with Gasteiger partial charge in [-0.15, -0.1) is 0 Å². The van der Waals surface area contributed by atoms with E-state index >= 15 is 0 Å². The molecule has 1 aliphatic rings. The van der Waals surface area contributed by atoms with E-state index in [4.69, 9.17) is 5.73 Å². The molecule has 18 heavy (non-hydrogen) atoms. The molecule has 0 atom stereocenters. The molecule has 1 aliphatic heterocycles. The van der Waals surface area contributed by atoms with Crippen LogP contribution in [-0.2, 0) is 0 Å². The first-order valence-electron chi connectivity index (χ1n) is 7.38. The quantitative estimate of drug-likeness (QED) is 0.560. The van der Waals surface area contributed by atoms with Gasteiger partial charge >= 0.3 is 0 Å². The van der Waals surface area contributed by atoms with Gasteiger partial charge in [-0.25, -0.2) is 0 Å². The lowest BCUT2D eigenvalue weighted by Gasteiger charge is -2.31. The van der Waals surface area contributed by atoms with Gasteiger partial charge in [0.2, 0.25) is 0 Å². The van der Waals surface area contributed by atoms with Crippen molar-refractivity contribution in [2.75, 3.05) is 32.7 Å². The highest BCUT2D eigenvalue weighted by atomic mass is 15.1. The summed E-state index contributed by atoms with van der Waals surface area (Å²) in [5.41, 5.74) is 5.84. The molecule has 0 aromatic heterocycles. The Balaban J connectivity index is 2.15. The first kappa shape index (κ1) is 15.3. The van der Waals surface area contributed by atoms with Gasteiger partial charge in [0.1, 0.15) is 0 Å². The number of rotatable bonds is 6.